The van der Waals surface area contributed by atoms with Crippen molar-refractivity contribution in [3.63, 3.8) is 0 Å². The monoisotopic (exact) mass is 281 g/mol. The molecule has 0 amide bonds. The van der Waals surface area contributed by atoms with Gasteiger partial charge in [-0.1, -0.05) is 6.42 Å². The predicted octanol–water partition coefficient (Wildman–Crippen LogP) is 1.01. The molecule has 0 spiro atoms. The summed E-state index contributed by atoms with van der Waals surface area (Å²) in [5.41, 5.74) is 6.15. The molecule has 1 heterocycles. The SMILES string of the molecule is NCc1ccc(S(=O)(=O)NC2CC3CCC2C3)cn1. The van der Waals surface area contributed by atoms with Gasteiger partial charge in [-0.25, -0.2) is 13.1 Å². The zero-order chi connectivity index (χ0) is 13.5. The number of nitrogens with two attached hydrogens (primary N) is 1. The normalized spacial score (nSPS) is 29.8. The standard InChI is InChI=1S/C13H19N3O2S/c14-7-11-3-4-12(8-15-11)19(17,18)16-13-6-9-1-2-10(13)5-9/h3-4,8-10,13,16H,1-2,5-7,14H2. The third kappa shape index (κ3) is 2.52. The van der Waals surface area contributed by atoms with Crippen LogP contribution in [0, 0.1) is 11.8 Å². The van der Waals surface area contributed by atoms with Crippen LogP contribution in [0.2, 0.25) is 0 Å². The molecule has 6 heteroatoms. The summed E-state index contributed by atoms with van der Waals surface area (Å²) in [5.74, 6) is 1.24. The topological polar surface area (TPSA) is 85.1 Å². The van der Waals surface area contributed by atoms with E-state index < -0.39 is 10.0 Å². The molecule has 19 heavy (non-hydrogen) atoms. The average molecular weight is 281 g/mol. The van der Waals surface area contributed by atoms with Gasteiger partial charge in [-0.2, -0.15) is 0 Å². The largest absolute Gasteiger partial charge is 0.325 e. The van der Waals surface area contributed by atoms with Gasteiger partial charge < -0.3 is 5.73 Å². The van der Waals surface area contributed by atoms with Gasteiger partial charge in [0.2, 0.25) is 10.0 Å². The van der Waals surface area contributed by atoms with E-state index in [2.05, 4.69) is 9.71 Å². The fourth-order valence-electron chi connectivity index (χ4n) is 3.35. The van der Waals surface area contributed by atoms with Gasteiger partial charge in [0.25, 0.3) is 0 Å². The van der Waals surface area contributed by atoms with E-state index in [9.17, 15) is 8.42 Å². The first-order valence-electron chi connectivity index (χ1n) is 6.76. The third-order valence-electron chi connectivity index (χ3n) is 4.36. The molecule has 3 rings (SSSR count). The number of pyridine rings is 1. The van der Waals surface area contributed by atoms with Gasteiger partial charge in [0, 0.05) is 18.8 Å². The second-order valence-corrected chi connectivity index (χ2v) is 7.31. The lowest BCUT2D eigenvalue weighted by atomic mass is 9.96. The van der Waals surface area contributed by atoms with E-state index >= 15 is 0 Å². The fourth-order valence-corrected chi connectivity index (χ4v) is 4.61. The van der Waals surface area contributed by atoms with Crippen molar-refractivity contribution in [2.75, 3.05) is 0 Å². The fraction of sp³-hybridized carbons (Fsp3) is 0.615. The maximum absolute atomic E-state index is 12.3. The molecule has 0 saturated heterocycles. The lowest BCUT2D eigenvalue weighted by Crippen LogP contribution is -2.38. The molecule has 5 nitrogen and oxygen atoms in total. The molecule has 3 unspecified atom stereocenters. The van der Waals surface area contributed by atoms with Crippen molar-refractivity contribution < 1.29 is 8.42 Å². The Morgan fingerprint density at radius 1 is 1.32 bits per heavy atom. The van der Waals surface area contributed by atoms with E-state index in [4.69, 9.17) is 5.73 Å². The van der Waals surface area contributed by atoms with Gasteiger partial charge in [0.15, 0.2) is 0 Å². The van der Waals surface area contributed by atoms with Crippen LogP contribution >= 0.6 is 0 Å². The number of hydrogen-bond acceptors (Lipinski definition) is 4. The van der Waals surface area contributed by atoms with E-state index in [1.54, 1.807) is 12.1 Å². The van der Waals surface area contributed by atoms with Crippen LogP contribution in [0.4, 0.5) is 0 Å². The van der Waals surface area contributed by atoms with Crippen molar-refractivity contribution in [1.29, 1.82) is 0 Å². The summed E-state index contributed by atoms with van der Waals surface area (Å²) in [7, 11) is -3.44. The Balaban J connectivity index is 1.75. The summed E-state index contributed by atoms with van der Waals surface area (Å²) < 4.78 is 27.4. The maximum atomic E-state index is 12.3. The van der Waals surface area contributed by atoms with E-state index in [0.717, 1.165) is 18.8 Å². The Labute approximate surface area is 113 Å². The zero-order valence-electron chi connectivity index (χ0n) is 10.7. The van der Waals surface area contributed by atoms with Crippen LogP contribution in [0.5, 0.6) is 0 Å². The minimum absolute atomic E-state index is 0.109. The number of hydrogen-bond donors (Lipinski definition) is 2. The van der Waals surface area contributed by atoms with Crippen LogP contribution in [0.3, 0.4) is 0 Å². The molecule has 0 aromatic carbocycles. The van der Waals surface area contributed by atoms with Crippen LogP contribution in [0.25, 0.3) is 0 Å². The number of aromatic nitrogens is 1. The molecule has 1 aromatic rings. The first-order chi connectivity index (χ1) is 9.08. The lowest BCUT2D eigenvalue weighted by molar-refractivity contribution is 0.390. The maximum Gasteiger partial charge on any atom is 0.242 e. The number of rotatable bonds is 4. The second kappa shape index (κ2) is 4.85. The Bertz CT molecular complexity index is 556. The highest BCUT2D eigenvalue weighted by Crippen LogP contribution is 2.44. The molecule has 2 aliphatic carbocycles. The van der Waals surface area contributed by atoms with Gasteiger partial charge in [-0.15, -0.1) is 0 Å². The zero-order valence-corrected chi connectivity index (χ0v) is 11.6. The van der Waals surface area contributed by atoms with Crippen LogP contribution < -0.4 is 10.5 Å². The minimum atomic E-state index is -3.44. The summed E-state index contributed by atoms with van der Waals surface area (Å²) in [5, 5.41) is 0. The molecule has 2 fully saturated rings. The van der Waals surface area contributed by atoms with Crippen LogP contribution in [0.15, 0.2) is 23.2 Å². The molecular formula is C13H19N3O2S. The molecular weight excluding hydrogens is 262 g/mol. The van der Waals surface area contributed by atoms with Crippen LogP contribution in [-0.4, -0.2) is 19.4 Å². The molecule has 2 bridgehead atoms. The van der Waals surface area contributed by atoms with Gasteiger partial charge in [-0.3, -0.25) is 4.98 Å². The lowest BCUT2D eigenvalue weighted by Gasteiger charge is -2.22. The van der Waals surface area contributed by atoms with Crippen LogP contribution in [-0.2, 0) is 16.6 Å². The first kappa shape index (κ1) is 13.0. The average Bonchev–Trinajstić information content (AvgIpc) is 3.00. The molecule has 3 atom stereocenters. The van der Waals surface area contributed by atoms with E-state index in [1.165, 1.54) is 19.0 Å². The predicted molar refractivity (Wildman–Crippen MR) is 71.7 cm³/mol. The van der Waals surface area contributed by atoms with Crippen molar-refractivity contribution >= 4 is 10.0 Å². The Morgan fingerprint density at radius 2 is 2.16 bits per heavy atom. The molecule has 3 N–H and O–H groups in total. The molecule has 2 saturated carbocycles. The highest BCUT2D eigenvalue weighted by molar-refractivity contribution is 7.89. The van der Waals surface area contributed by atoms with Crippen molar-refractivity contribution in [2.24, 2.45) is 17.6 Å². The summed E-state index contributed by atoms with van der Waals surface area (Å²) in [4.78, 5) is 4.27. The molecule has 0 radical (unpaired) electrons. The number of sulfonamides is 1. The van der Waals surface area contributed by atoms with Crippen molar-refractivity contribution in [3.05, 3.63) is 24.0 Å². The van der Waals surface area contributed by atoms with Gasteiger partial charge >= 0.3 is 0 Å². The smallest absolute Gasteiger partial charge is 0.242 e. The second-order valence-electron chi connectivity index (χ2n) is 5.59. The first-order valence-corrected chi connectivity index (χ1v) is 8.24. The highest BCUT2D eigenvalue weighted by atomic mass is 32.2. The number of fused-ring (bicyclic) bond motifs is 2. The minimum Gasteiger partial charge on any atom is -0.325 e. The Hall–Kier alpha value is -0.980. The summed E-state index contributed by atoms with van der Waals surface area (Å²) >= 11 is 0. The molecule has 0 aliphatic heterocycles. The van der Waals surface area contributed by atoms with Gasteiger partial charge in [-0.05, 0) is 43.2 Å². The van der Waals surface area contributed by atoms with Gasteiger partial charge in [0.05, 0.1) is 5.69 Å². The van der Waals surface area contributed by atoms with Gasteiger partial charge in [0.1, 0.15) is 4.90 Å². The Kier molecular flexibility index (Phi) is 3.32. The summed E-state index contributed by atoms with van der Waals surface area (Å²) in [6.07, 6.45) is 5.96. The third-order valence-corrected chi connectivity index (χ3v) is 5.84. The highest BCUT2D eigenvalue weighted by Gasteiger charge is 2.41. The Morgan fingerprint density at radius 3 is 2.68 bits per heavy atom. The molecule has 104 valence electrons. The van der Waals surface area contributed by atoms with E-state index in [1.807, 2.05) is 0 Å². The molecule has 1 aromatic heterocycles. The number of nitrogens with zero attached hydrogens (tertiary/aromatic N) is 1. The van der Waals surface area contributed by atoms with Crippen molar-refractivity contribution in [1.82, 2.24) is 9.71 Å². The van der Waals surface area contributed by atoms with Crippen molar-refractivity contribution in [2.45, 2.75) is 43.2 Å². The van der Waals surface area contributed by atoms with E-state index in [-0.39, 0.29) is 10.9 Å². The summed E-state index contributed by atoms with van der Waals surface area (Å²) in [6.45, 7) is 0.320. The van der Waals surface area contributed by atoms with Crippen molar-refractivity contribution in [3.8, 4) is 0 Å². The molecule has 2 aliphatic rings. The van der Waals surface area contributed by atoms with E-state index in [0.29, 0.717) is 18.2 Å². The number of nitrogens with one attached hydrogen (secondary N) is 1. The van der Waals surface area contributed by atoms with Crippen LogP contribution in [0.1, 0.15) is 31.4 Å². The quantitative estimate of drug-likeness (QED) is 0.862. The summed E-state index contributed by atoms with van der Waals surface area (Å²) in [6, 6.07) is 3.35.